The number of benzene rings is 2. The first-order valence-electron chi connectivity index (χ1n) is 10.9. The average molecular weight is 449 g/mol. The van der Waals surface area contributed by atoms with Crippen molar-refractivity contribution in [3.8, 4) is 5.75 Å². The fourth-order valence-corrected chi connectivity index (χ4v) is 4.60. The van der Waals surface area contributed by atoms with E-state index < -0.39 is 0 Å². The molecule has 3 aromatic rings. The van der Waals surface area contributed by atoms with E-state index >= 15 is 0 Å². The highest BCUT2D eigenvalue weighted by Crippen LogP contribution is 2.29. The first kappa shape index (κ1) is 22.1. The highest BCUT2D eigenvalue weighted by Gasteiger charge is 2.35. The molecule has 1 fully saturated rings. The van der Waals surface area contributed by atoms with Gasteiger partial charge in [-0.05, 0) is 61.7 Å². The Balaban J connectivity index is 1.52. The molecule has 0 saturated heterocycles. The van der Waals surface area contributed by atoms with Crippen LogP contribution in [0.3, 0.4) is 0 Å². The average Bonchev–Trinajstić information content (AvgIpc) is 3.58. The van der Waals surface area contributed by atoms with Gasteiger partial charge in [-0.3, -0.25) is 9.59 Å². The van der Waals surface area contributed by atoms with Crippen molar-refractivity contribution in [2.45, 2.75) is 38.9 Å². The van der Waals surface area contributed by atoms with Gasteiger partial charge in [-0.1, -0.05) is 30.3 Å². The smallest absolute Gasteiger partial charge is 0.254 e. The lowest BCUT2D eigenvalue weighted by atomic mass is 10.1. The van der Waals surface area contributed by atoms with Gasteiger partial charge < -0.3 is 14.5 Å². The predicted octanol–water partition coefficient (Wildman–Crippen LogP) is 4.90. The molecule has 0 aliphatic heterocycles. The number of nitrogens with zero attached hydrogens (tertiary/aromatic N) is 2. The first-order chi connectivity index (χ1) is 15.5. The van der Waals surface area contributed by atoms with Crippen LogP contribution in [0.1, 0.15) is 38.5 Å². The van der Waals surface area contributed by atoms with E-state index in [1.165, 1.54) is 4.88 Å². The number of ether oxygens (including phenoxy) is 1. The van der Waals surface area contributed by atoms with E-state index in [-0.39, 0.29) is 24.4 Å². The topological polar surface area (TPSA) is 49.9 Å². The highest BCUT2D eigenvalue weighted by molar-refractivity contribution is 7.11. The second-order valence-electron chi connectivity index (χ2n) is 8.14. The molecule has 1 heterocycles. The molecule has 1 aromatic heterocycles. The summed E-state index contributed by atoms with van der Waals surface area (Å²) >= 11 is 1.70. The molecule has 2 aromatic carbocycles. The van der Waals surface area contributed by atoms with Crippen molar-refractivity contribution in [3.63, 3.8) is 0 Å². The van der Waals surface area contributed by atoms with Gasteiger partial charge in [0.15, 0.2) is 0 Å². The number of methoxy groups -OCH3 is 1. The molecule has 0 radical (unpaired) electrons. The number of rotatable bonds is 9. The minimum absolute atomic E-state index is 0.0336. The lowest BCUT2D eigenvalue weighted by Crippen LogP contribution is -2.43. The predicted molar refractivity (Wildman–Crippen MR) is 127 cm³/mol. The van der Waals surface area contributed by atoms with Crippen molar-refractivity contribution in [2.75, 3.05) is 13.7 Å². The van der Waals surface area contributed by atoms with Crippen molar-refractivity contribution < 1.29 is 14.3 Å². The molecule has 0 unspecified atom stereocenters. The van der Waals surface area contributed by atoms with Crippen molar-refractivity contribution in [2.24, 2.45) is 0 Å². The maximum atomic E-state index is 13.5. The lowest BCUT2D eigenvalue weighted by molar-refractivity contribution is -0.133. The molecule has 0 N–H and O–H groups in total. The standard InChI is InChI=1S/C26H28N2O3S/c1-19-8-15-24(32-19)17-27(16-20-6-4-3-5-7-20)25(29)18-28(22-11-12-22)26(30)21-9-13-23(31-2)14-10-21/h3-10,13-15,22H,11-12,16-18H2,1-2H3. The summed E-state index contributed by atoms with van der Waals surface area (Å²) in [6.07, 6.45) is 1.88. The molecule has 2 amide bonds. The van der Waals surface area contributed by atoms with Crippen LogP contribution < -0.4 is 4.74 Å². The number of carbonyl (C=O) groups excluding carboxylic acids is 2. The molecule has 0 spiro atoms. The maximum Gasteiger partial charge on any atom is 0.254 e. The summed E-state index contributed by atoms with van der Waals surface area (Å²) in [4.78, 5) is 32.6. The van der Waals surface area contributed by atoms with Crippen molar-refractivity contribution in [1.82, 2.24) is 9.80 Å². The van der Waals surface area contributed by atoms with E-state index in [4.69, 9.17) is 4.74 Å². The molecule has 6 heteroatoms. The molecule has 5 nitrogen and oxygen atoms in total. The molecule has 1 aliphatic rings. The molecule has 4 rings (SSSR count). The third-order valence-electron chi connectivity index (χ3n) is 5.60. The van der Waals surface area contributed by atoms with Crippen LogP contribution in [0.5, 0.6) is 5.75 Å². The molecule has 32 heavy (non-hydrogen) atoms. The van der Waals surface area contributed by atoms with Gasteiger partial charge in [0.25, 0.3) is 5.91 Å². The van der Waals surface area contributed by atoms with Gasteiger partial charge in [-0.25, -0.2) is 0 Å². The Hall–Kier alpha value is -3.12. The van der Waals surface area contributed by atoms with Crippen molar-refractivity contribution >= 4 is 23.2 Å². The SMILES string of the molecule is COc1ccc(C(=O)N(CC(=O)N(Cc2ccccc2)Cc2ccc(C)s2)C2CC2)cc1. The monoisotopic (exact) mass is 448 g/mol. The Kier molecular flexibility index (Phi) is 6.90. The maximum absolute atomic E-state index is 13.5. The van der Waals surface area contributed by atoms with Crippen LogP contribution in [-0.2, 0) is 17.9 Å². The molecule has 166 valence electrons. The van der Waals surface area contributed by atoms with Crippen LogP contribution in [0.15, 0.2) is 66.7 Å². The van der Waals surface area contributed by atoms with Gasteiger partial charge in [0.1, 0.15) is 12.3 Å². The Morgan fingerprint density at radius 1 is 0.969 bits per heavy atom. The number of carbonyl (C=O) groups is 2. The highest BCUT2D eigenvalue weighted by atomic mass is 32.1. The van der Waals surface area contributed by atoms with Crippen molar-refractivity contribution in [3.05, 3.63) is 87.6 Å². The normalized spacial score (nSPS) is 12.9. The van der Waals surface area contributed by atoms with E-state index in [1.54, 1.807) is 47.6 Å². The summed E-state index contributed by atoms with van der Waals surface area (Å²) in [5.41, 5.74) is 1.66. The summed E-state index contributed by atoms with van der Waals surface area (Å²) < 4.78 is 5.20. The molecular formula is C26H28N2O3S. The minimum atomic E-state index is -0.102. The van der Waals surface area contributed by atoms with Crippen molar-refractivity contribution in [1.29, 1.82) is 0 Å². The third-order valence-corrected chi connectivity index (χ3v) is 6.59. The quantitative estimate of drug-likeness (QED) is 0.468. The Morgan fingerprint density at radius 2 is 1.69 bits per heavy atom. The summed E-state index contributed by atoms with van der Waals surface area (Å²) in [6, 6.07) is 21.4. The van der Waals surface area contributed by atoms with Crippen LogP contribution in [0.25, 0.3) is 0 Å². The van der Waals surface area contributed by atoms with Crippen LogP contribution in [0.4, 0.5) is 0 Å². The zero-order valence-corrected chi connectivity index (χ0v) is 19.3. The molecule has 0 bridgehead atoms. The summed E-state index contributed by atoms with van der Waals surface area (Å²) in [7, 11) is 1.60. The Bertz CT molecular complexity index is 1060. The van der Waals surface area contributed by atoms with Crippen LogP contribution in [0.2, 0.25) is 0 Å². The zero-order valence-electron chi connectivity index (χ0n) is 18.5. The van der Waals surface area contributed by atoms with Gasteiger partial charge in [0.05, 0.1) is 13.7 Å². The van der Waals surface area contributed by atoms with E-state index in [0.717, 1.165) is 23.3 Å². The second-order valence-corrected chi connectivity index (χ2v) is 9.51. The van der Waals surface area contributed by atoms with E-state index in [2.05, 4.69) is 19.1 Å². The van der Waals surface area contributed by atoms with Gasteiger partial charge in [0.2, 0.25) is 5.91 Å². The number of hydrogen-bond donors (Lipinski definition) is 0. The Labute approximate surface area is 193 Å². The molecular weight excluding hydrogens is 420 g/mol. The minimum Gasteiger partial charge on any atom is -0.497 e. The van der Waals surface area contributed by atoms with E-state index in [1.807, 2.05) is 35.2 Å². The first-order valence-corrected chi connectivity index (χ1v) is 11.7. The van der Waals surface area contributed by atoms with Crippen LogP contribution in [0, 0.1) is 6.92 Å². The number of thiophene rings is 1. The molecule has 0 atom stereocenters. The van der Waals surface area contributed by atoms with Crippen LogP contribution >= 0.6 is 11.3 Å². The van der Waals surface area contributed by atoms with Gasteiger partial charge in [-0.15, -0.1) is 11.3 Å². The van der Waals surface area contributed by atoms with E-state index in [9.17, 15) is 9.59 Å². The number of hydrogen-bond acceptors (Lipinski definition) is 4. The largest absolute Gasteiger partial charge is 0.497 e. The summed E-state index contributed by atoms with van der Waals surface area (Å²) in [5, 5.41) is 0. The number of amides is 2. The van der Waals surface area contributed by atoms with Crippen LogP contribution in [-0.4, -0.2) is 41.3 Å². The third kappa shape index (κ3) is 5.56. The van der Waals surface area contributed by atoms with E-state index in [0.29, 0.717) is 24.4 Å². The summed E-state index contributed by atoms with van der Waals surface area (Å²) in [6.45, 7) is 3.22. The van der Waals surface area contributed by atoms with Gasteiger partial charge in [-0.2, -0.15) is 0 Å². The summed E-state index contributed by atoms with van der Waals surface area (Å²) in [5.74, 6) is 0.569. The molecule has 1 aliphatic carbocycles. The second kappa shape index (κ2) is 10.0. The molecule has 1 saturated carbocycles. The Morgan fingerprint density at radius 3 is 2.28 bits per heavy atom. The fourth-order valence-electron chi connectivity index (χ4n) is 3.69. The number of aryl methyl sites for hydroxylation is 1. The zero-order chi connectivity index (χ0) is 22.5. The lowest BCUT2D eigenvalue weighted by Gasteiger charge is -2.28. The van der Waals surface area contributed by atoms with Gasteiger partial charge >= 0.3 is 0 Å². The van der Waals surface area contributed by atoms with Gasteiger partial charge in [0, 0.05) is 27.9 Å². The fraction of sp³-hybridized carbons (Fsp3) is 0.308.